The van der Waals surface area contributed by atoms with Crippen molar-refractivity contribution in [2.24, 2.45) is 5.73 Å². The monoisotopic (exact) mass is 346 g/mol. The number of amides is 2. The van der Waals surface area contributed by atoms with Gasteiger partial charge >= 0.3 is 0 Å². The van der Waals surface area contributed by atoms with Gasteiger partial charge in [-0.1, -0.05) is 12.1 Å². The Morgan fingerprint density at radius 3 is 2.92 bits per heavy atom. The zero-order valence-corrected chi connectivity index (χ0v) is 14.1. The highest BCUT2D eigenvalue weighted by Gasteiger charge is 2.26. The summed E-state index contributed by atoms with van der Waals surface area (Å²) in [6.45, 7) is 2.06. The molecule has 7 nitrogen and oxygen atoms in total. The highest BCUT2D eigenvalue weighted by molar-refractivity contribution is 7.14. The highest BCUT2D eigenvalue weighted by Crippen LogP contribution is 2.23. The summed E-state index contributed by atoms with van der Waals surface area (Å²) in [5.41, 5.74) is 6.48. The Morgan fingerprint density at radius 2 is 2.25 bits per heavy atom. The van der Waals surface area contributed by atoms with Gasteiger partial charge < -0.3 is 20.3 Å². The van der Waals surface area contributed by atoms with Crippen molar-refractivity contribution in [2.75, 3.05) is 31.6 Å². The van der Waals surface area contributed by atoms with Crippen molar-refractivity contribution in [1.82, 2.24) is 9.88 Å². The SMILES string of the molecule is COc1cccc(CN2CCN(c3nc(C(N)=O)cs3)CC2=O)c1. The minimum Gasteiger partial charge on any atom is -0.497 e. The van der Waals surface area contributed by atoms with Crippen LogP contribution in [0.25, 0.3) is 0 Å². The average Bonchev–Trinajstić information content (AvgIpc) is 3.07. The zero-order valence-electron chi connectivity index (χ0n) is 13.3. The normalized spacial score (nSPS) is 14.8. The molecule has 0 radical (unpaired) electrons. The first-order valence-electron chi connectivity index (χ1n) is 7.48. The molecule has 0 bridgehead atoms. The van der Waals surface area contributed by atoms with Gasteiger partial charge in [-0.2, -0.15) is 0 Å². The lowest BCUT2D eigenvalue weighted by molar-refractivity contribution is -0.131. The second-order valence-corrected chi connectivity index (χ2v) is 6.30. The third-order valence-corrected chi connectivity index (χ3v) is 4.74. The van der Waals surface area contributed by atoms with Crippen molar-refractivity contribution in [3.63, 3.8) is 0 Å². The van der Waals surface area contributed by atoms with Crippen LogP contribution in [0.2, 0.25) is 0 Å². The van der Waals surface area contributed by atoms with Crippen molar-refractivity contribution < 1.29 is 14.3 Å². The number of hydrogen-bond donors (Lipinski definition) is 1. The molecule has 2 heterocycles. The molecule has 0 spiro atoms. The first-order valence-corrected chi connectivity index (χ1v) is 8.36. The maximum absolute atomic E-state index is 12.4. The minimum atomic E-state index is -0.555. The van der Waals surface area contributed by atoms with Crippen LogP contribution in [0.4, 0.5) is 5.13 Å². The molecule has 126 valence electrons. The fourth-order valence-electron chi connectivity index (χ4n) is 2.55. The van der Waals surface area contributed by atoms with Crippen LogP contribution in [-0.2, 0) is 11.3 Å². The number of carbonyl (C=O) groups excluding carboxylic acids is 2. The van der Waals surface area contributed by atoms with Crippen LogP contribution in [0.1, 0.15) is 16.1 Å². The topological polar surface area (TPSA) is 88.8 Å². The van der Waals surface area contributed by atoms with E-state index in [2.05, 4.69) is 4.98 Å². The maximum atomic E-state index is 12.4. The molecule has 1 aromatic carbocycles. The lowest BCUT2D eigenvalue weighted by Crippen LogP contribution is -2.50. The van der Waals surface area contributed by atoms with E-state index < -0.39 is 5.91 Å². The van der Waals surface area contributed by atoms with Gasteiger partial charge in [0.15, 0.2) is 5.13 Å². The molecule has 1 fully saturated rings. The number of benzene rings is 1. The van der Waals surface area contributed by atoms with Gasteiger partial charge in [0.1, 0.15) is 11.4 Å². The largest absolute Gasteiger partial charge is 0.497 e. The Bertz CT molecular complexity index is 761. The van der Waals surface area contributed by atoms with Crippen LogP contribution in [0.5, 0.6) is 5.75 Å². The van der Waals surface area contributed by atoms with E-state index in [0.717, 1.165) is 11.3 Å². The number of carbonyl (C=O) groups is 2. The third-order valence-electron chi connectivity index (χ3n) is 3.84. The summed E-state index contributed by atoms with van der Waals surface area (Å²) in [7, 11) is 1.62. The number of aromatic nitrogens is 1. The molecule has 0 saturated carbocycles. The van der Waals surface area contributed by atoms with E-state index in [1.807, 2.05) is 34.1 Å². The molecule has 1 saturated heterocycles. The van der Waals surface area contributed by atoms with Gasteiger partial charge in [0.25, 0.3) is 5.91 Å². The van der Waals surface area contributed by atoms with Gasteiger partial charge in [-0.05, 0) is 17.7 Å². The predicted molar refractivity (Wildman–Crippen MR) is 91.3 cm³/mol. The number of ether oxygens (including phenoxy) is 1. The Hall–Kier alpha value is -2.61. The average molecular weight is 346 g/mol. The summed E-state index contributed by atoms with van der Waals surface area (Å²) in [6, 6.07) is 7.69. The molecule has 2 aromatic rings. The molecular formula is C16H18N4O3S. The van der Waals surface area contributed by atoms with Crippen molar-refractivity contribution in [3.8, 4) is 5.75 Å². The summed E-state index contributed by atoms with van der Waals surface area (Å²) < 4.78 is 5.21. The molecule has 2 amide bonds. The number of methoxy groups -OCH3 is 1. The van der Waals surface area contributed by atoms with Gasteiger partial charge in [-0.15, -0.1) is 11.3 Å². The number of nitrogens with two attached hydrogens (primary N) is 1. The first kappa shape index (κ1) is 16.3. The Morgan fingerprint density at radius 1 is 1.42 bits per heavy atom. The van der Waals surface area contributed by atoms with E-state index in [1.54, 1.807) is 12.5 Å². The van der Waals surface area contributed by atoms with Gasteiger partial charge in [-0.3, -0.25) is 9.59 Å². The lowest BCUT2D eigenvalue weighted by atomic mass is 10.2. The maximum Gasteiger partial charge on any atom is 0.268 e. The lowest BCUT2D eigenvalue weighted by Gasteiger charge is -2.34. The van der Waals surface area contributed by atoms with Gasteiger partial charge in [0.2, 0.25) is 5.91 Å². The van der Waals surface area contributed by atoms with Crippen molar-refractivity contribution in [1.29, 1.82) is 0 Å². The van der Waals surface area contributed by atoms with Gasteiger partial charge in [0, 0.05) is 25.0 Å². The molecule has 1 aliphatic rings. The number of hydrogen-bond acceptors (Lipinski definition) is 6. The number of nitrogens with zero attached hydrogens (tertiary/aromatic N) is 3. The summed E-state index contributed by atoms with van der Waals surface area (Å²) in [6.07, 6.45) is 0. The molecule has 0 unspecified atom stereocenters. The number of anilines is 1. The highest BCUT2D eigenvalue weighted by atomic mass is 32.1. The van der Waals surface area contributed by atoms with E-state index in [9.17, 15) is 9.59 Å². The molecule has 0 aliphatic carbocycles. The van der Waals surface area contributed by atoms with E-state index in [-0.39, 0.29) is 18.1 Å². The van der Waals surface area contributed by atoms with Crippen LogP contribution in [0, 0.1) is 0 Å². The Labute approximate surface area is 143 Å². The number of primary amides is 1. The summed E-state index contributed by atoms with van der Waals surface area (Å²) in [4.78, 5) is 31.4. The second kappa shape index (κ2) is 6.88. The van der Waals surface area contributed by atoms with Crippen LogP contribution in [0.15, 0.2) is 29.6 Å². The molecule has 3 rings (SSSR count). The smallest absolute Gasteiger partial charge is 0.268 e. The molecular weight excluding hydrogens is 328 g/mol. The number of thiazole rings is 1. The fourth-order valence-corrected chi connectivity index (χ4v) is 3.39. The van der Waals surface area contributed by atoms with Gasteiger partial charge in [-0.25, -0.2) is 4.98 Å². The summed E-state index contributed by atoms with van der Waals surface area (Å²) >= 11 is 1.32. The van der Waals surface area contributed by atoms with Crippen molar-refractivity contribution in [2.45, 2.75) is 6.54 Å². The molecule has 2 N–H and O–H groups in total. The molecule has 24 heavy (non-hydrogen) atoms. The number of rotatable bonds is 5. The minimum absolute atomic E-state index is 0.0277. The first-order chi connectivity index (χ1) is 11.6. The molecule has 1 aliphatic heterocycles. The van der Waals surface area contributed by atoms with Crippen LogP contribution >= 0.6 is 11.3 Å². The molecule has 8 heteroatoms. The molecule has 0 atom stereocenters. The van der Waals surface area contributed by atoms with E-state index in [4.69, 9.17) is 10.5 Å². The van der Waals surface area contributed by atoms with Crippen LogP contribution in [0.3, 0.4) is 0 Å². The third kappa shape index (κ3) is 3.48. The summed E-state index contributed by atoms with van der Waals surface area (Å²) in [5.74, 6) is 0.251. The summed E-state index contributed by atoms with van der Waals surface area (Å²) in [5, 5.41) is 2.27. The van der Waals surface area contributed by atoms with Crippen molar-refractivity contribution in [3.05, 3.63) is 40.9 Å². The zero-order chi connectivity index (χ0) is 17.1. The fraction of sp³-hybridized carbons (Fsp3) is 0.312. The number of piperazine rings is 1. The van der Waals surface area contributed by atoms with Crippen LogP contribution in [-0.4, -0.2) is 48.4 Å². The predicted octanol–water partition coefficient (Wildman–Crippen LogP) is 1.10. The molecule has 1 aromatic heterocycles. The van der Waals surface area contributed by atoms with Crippen LogP contribution < -0.4 is 15.4 Å². The Kier molecular flexibility index (Phi) is 4.66. The van der Waals surface area contributed by atoms with E-state index >= 15 is 0 Å². The van der Waals surface area contributed by atoms with Gasteiger partial charge in [0.05, 0.1) is 13.7 Å². The standard InChI is InChI=1S/C16H18N4O3S/c1-23-12-4-2-3-11(7-12)8-19-5-6-20(9-14(19)21)16-18-13(10-24-16)15(17)22/h2-4,7,10H,5-6,8-9H2,1H3,(H2,17,22). The quantitative estimate of drug-likeness (QED) is 0.876. The van der Waals surface area contributed by atoms with E-state index in [0.29, 0.717) is 24.8 Å². The Balaban J connectivity index is 1.64. The van der Waals surface area contributed by atoms with Crippen molar-refractivity contribution >= 4 is 28.3 Å². The van der Waals surface area contributed by atoms with E-state index in [1.165, 1.54) is 11.3 Å². The second-order valence-electron chi connectivity index (χ2n) is 5.47.